The molecule has 0 aliphatic carbocycles. The summed E-state index contributed by atoms with van der Waals surface area (Å²) in [6.07, 6.45) is 1.29. The lowest BCUT2D eigenvalue weighted by atomic mass is 9.95. The molecule has 2 N–H and O–H groups in total. The van der Waals surface area contributed by atoms with Crippen LogP contribution in [0.25, 0.3) is 0 Å². The van der Waals surface area contributed by atoms with Crippen molar-refractivity contribution in [2.45, 2.75) is 45.4 Å². The van der Waals surface area contributed by atoms with Crippen molar-refractivity contribution in [2.24, 2.45) is 5.73 Å². The number of nitrogens with zero attached hydrogens (tertiary/aromatic N) is 1. The molecule has 2 rings (SSSR count). The molecule has 6 nitrogen and oxygen atoms in total. The van der Waals surface area contributed by atoms with Crippen molar-refractivity contribution in [2.75, 3.05) is 13.8 Å². The lowest BCUT2D eigenvalue weighted by Crippen LogP contribution is -2.51. The van der Waals surface area contributed by atoms with Crippen LogP contribution in [-0.4, -0.2) is 36.8 Å². The van der Waals surface area contributed by atoms with E-state index in [0.29, 0.717) is 23.5 Å². The number of ether oxygens (including phenoxy) is 3. The first-order valence-corrected chi connectivity index (χ1v) is 7.66. The summed E-state index contributed by atoms with van der Waals surface area (Å²) in [5.41, 5.74) is 5.43. The lowest BCUT2D eigenvalue weighted by Gasteiger charge is -2.29. The Morgan fingerprint density at radius 2 is 2.04 bits per heavy atom. The number of carbonyl (C=O) groups is 1. The molecule has 1 aromatic rings. The van der Waals surface area contributed by atoms with Crippen LogP contribution in [-0.2, 0) is 11.3 Å². The average Bonchev–Trinajstić information content (AvgIpc) is 2.93. The van der Waals surface area contributed by atoms with Crippen molar-refractivity contribution >= 4 is 5.91 Å². The zero-order valence-electron chi connectivity index (χ0n) is 14.0. The summed E-state index contributed by atoms with van der Waals surface area (Å²) in [6.45, 7) is 0.689. The second-order valence-corrected chi connectivity index (χ2v) is 6.02. The first kappa shape index (κ1) is 18.3. The highest BCUT2D eigenvalue weighted by Gasteiger charge is 2.31. The third-order valence-corrected chi connectivity index (χ3v) is 3.78. The van der Waals surface area contributed by atoms with Crippen LogP contribution in [0.4, 0.5) is 8.78 Å². The van der Waals surface area contributed by atoms with E-state index in [0.717, 1.165) is 6.42 Å². The molecule has 8 heteroatoms. The van der Waals surface area contributed by atoms with E-state index in [9.17, 15) is 13.6 Å². The van der Waals surface area contributed by atoms with Crippen LogP contribution in [0, 0.1) is 0 Å². The van der Waals surface area contributed by atoms with Crippen LogP contribution in [0.5, 0.6) is 17.2 Å². The maximum atomic E-state index is 12.6. The number of nitrogens with two attached hydrogens (primary N) is 1. The third kappa shape index (κ3) is 4.05. The molecule has 0 radical (unpaired) electrons. The van der Waals surface area contributed by atoms with Gasteiger partial charge in [0.1, 0.15) is 5.75 Å². The Kier molecular flexibility index (Phi) is 5.48. The Hall–Kier alpha value is -2.09. The molecule has 0 saturated carbocycles. The monoisotopic (exact) mass is 344 g/mol. The molecule has 0 saturated heterocycles. The van der Waals surface area contributed by atoms with Crippen LogP contribution in [0.2, 0.25) is 0 Å². The van der Waals surface area contributed by atoms with Gasteiger partial charge in [0, 0.05) is 25.2 Å². The first-order chi connectivity index (χ1) is 11.2. The summed E-state index contributed by atoms with van der Waals surface area (Å²) < 4.78 is 40.3. The maximum absolute atomic E-state index is 12.6. The summed E-state index contributed by atoms with van der Waals surface area (Å²) in [5.74, 6) is 0.433. The molecule has 1 aliphatic rings. The average molecular weight is 344 g/mol. The highest BCUT2D eigenvalue weighted by molar-refractivity contribution is 5.85. The van der Waals surface area contributed by atoms with Crippen molar-refractivity contribution < 1.29 is 27.8 Å². The molecule has 0 aromatic heterocycles. The smallest absolute Gasteiger partial charge is 0.387 e. The van der Waals surface area contributed by atoms with Gasteiger partial charge in [0.25, 0.3) is 0 Å². The van der Waals surface area contributed by atoms with Crippen LogP contribution in [0.3, 0.4) is 0 Å². The molecular formula is C16H22F2N2O4. The van der Waals surface area contributed by atoms with Gasteiger partial charge in [0.05, 0.1) is 5.54 Å². The minimum absolute atomic E-state index is 0.0129. The largest absolute Gasteiger partial charge is 0.454 e. The van der Waals surface area contributed by atoms with Gasteiger partial charge < -0.3 is 24.8 Å². The molecule has 1 aromatic carbocycles. The topological polar surface area (TPSA) is 74.0 Å². The zero-order valence-corrected chi connectivity index (χ0v) is 14.0. The Balaban J connectivity index is 2.23. The fourth-order valence-corrected chi connectivity index (χ4v) is 2.68. The normalized spacial score (nSPS) is 15.3. The number of halogens is 2. The molecule has 0 bridgehead atoms. The molecule has 1 aliphatic heterocycles. The summed E-state index contributed by atoms with van der Waals surface area (Å²) >= 11 is 0. The third-order valence-electron chi connectivity index (χ3n) is 3.78. The predicted molar refractivity (Wildman–Crippen MR) is 83.2 cm³/mol. The number of benzene rings is 1. The Bertz CT molecular complexity index is 608. The highest BCUT2D eigenvalue weighted by atomic mass is 19.3. The molecule has 1 heterocycles. The van der Waals surface area contributed by atoms with Crippen molar-refractivity contribution in [3.05, 3.63) is 17.7 Å². The van der Waals surface area contributed by atoms with E-state index in [1.165, 1.54) is 17.0 Å². The maximum Gasteiger partial charge on any atom is 0.387 e. The van der Waals surface area contributed by atoms with Crippen LogP contribution in [0.15, 0.2) is 12.1 Å². The van der Waals surface area contributed by atoms with Gasteiger partial charge >= 0.3 is 6.61 Å². The van der Waals surface area contributed by atoms with Crippen LogP contribution < -0.4 is 19.9 Å². The summed E-state index contributed by atoms with van der Waals surface area (Å²) in [4.78, 5) is 13.9. The van der Waals surface area contributed by atoms with Crippen molar-refractivity contribution in [3.63, 3.8) is 0 Å². The summed E-state index contributed by atoms with van der Waals surface area (Å²) in [6, 6.07) is 2.88. The Morgan fingerprint density at radius 1 is 1.42 bits per heavy atom. The second-order valence-electron chi connectivity index (χ2n) is 6.02. The van der Waals surface area contributed by atoms with Gasteiger partial charge in [-0.25, -0.2) is 0 Å². The van der Waals surface area contributed by atoms with E-state index in [2.05, 4.69) is 4.74 Å². The van der Waals surface area contributed by atoms with E-state index in [1.807, 2.05) is 6.92 Å². The van der Waals surface area contributed by atoms with Gasteiger partial charge in [-0.15, -0.1) is 0 Å². The molecule has 1 unspecified atom stereocenters. The molecule has 24 heavy (non-hydrogen) atoms. The molecule has 0 fully saturated rings. The van der Waals surface area contributed by atoms with Crippen molar-refractivity contribution in [1.82, 2.24) is 4.90 Å². The fraction of sp³-hybridized carbons (Fsp3) is 0.562. The van der Waals surface area contributed by atoms with E-state index in [-0.39, 0.29) is 25.0 Å². The SMILES string of the molecule is CCCC(C)(N)C(=O)N(C)Cc1cc2c(cc1OC(F)F)OCO2. The van der Waals surface area contributed by atoms with Gasteiger partial charge in [-0.05, 0) is 19.4 Å². The minimum Gasteiger partial charge on any atom is -0.454 e. The highest BCUT2D eigenvalue weighted by Crippen LogP contribution is 2.39. The summed E-state index contributed by atoms with van der Waals surface area (Å²) in [7, 11) is 1.57. The number of hydrogen-bond acceptors (Lipinski definition) is 5. The van der Waals surface area contributed by atoms with E-state index in [1.54, 1.807) is 14.0 Å². The number of alkyl halides is 2. The zero-order chi connectivity index (χ0) is 17.9. The van der Waals surface area contributed by atoms with Crippen molar-refractivity contribution in [1.29, 1.82) is 0 Å². The van der Waals surface area contributed by atoms with Gasteiger partial charge in [0.2, 0.25) is 12.7 Å². The number of amides is 1. The van der Waals surface area contributed by atoms with Gasteiger partial charge in [-0.2, -0.15) is 8.78 Å². The van der Waals surface area contributed by atoms with E-state index in [4.69, 9.17) is 15.2 Å². The first-order valence-electron chi connectivity index (χ1n) is 7.66. The van der Waals surface area contributed by atoms with Gasteiger partial charge in [0.15, 0.2) is 11.5 Å². The minimum atomic E-state index is -2.98. The van der Waals surface area contributed by atoms with Crippen molar-refractivity contribution in [3.8, 4) is 17.2 Å². The molecule has 0 spiro atoms. The number of hydrogen-bond donors (Lipinski definition) is 1. The Labute approximate surface area is 139 Å². The van der Waals surface area contributed by atoms with Crippen LogP contribution >= 0.6 is 0 Å². The molecule has 1 atom stereocenters. The number of likely N-dealkylation sites (N-methyl/N-ethyl adjacent to an activating group) is 1. The standard InChI is InChI=1S/C16H22F2N2O4/c1-4-5-16(2,19)14(21)20(3)8-10-6-12-13(23-9-22-12)7-11(10)24-15(17)18/h6-7,15H,4-5,8-9,19H2,1-3H3. The number of rotatable bonds is 7. The number of carbonyl (C=O) groups excluding carboxylic acids is 1. The van der Waals surface area contributed by atoms with Gasteiger partial charge in [-0.3, -0.25) is 4.79 Å². The molecule has 1 amide bonds. The predicted octanol–water partition coefficient (Wildman–Crippen LogP) is 2.49. The van der Waals surface area contributed by atoms with E-state index < -0.39 is 12.2 Å². The van der Waals surface area contributed by atoms with E-state index >= 15 is 0 Å². The Morgan fingerprint density at radius 3 is 2.62 bits per heavy atom. The quantitative estimate of drug-likeness (QED) is 0.823. The lowest BCUT2D eigenvalue weighted by molar-refractivity contribution is -0.135. The fourth-order valence-electron chi connectivity index (χ4n) is 2.68. The number of fused-ring (bicyclic) bond motifs is 1. The molecular weight excluding hydrogens is 322 g/mol. The molecule has 134 valence electrons. The summed E-state index contributed by atoms with van der Waals surface area (Å²) in [5, 5.41) is 0. The van der Waals surface area contributed by atoms with Gasteiger partial charge in [-0.1, -0.05) is 13.3 Å². The second kappa shape index (κ2) is 7.21. The van der Waals surface area contributed by atoms with Crippen LogP contribution in [0.1, 0.15) is 32.3 Å².